The molecule has 0 aromatic carbocycles. The third-order valence-electron chi connectivity index (χ3n) is 5.03. The van der Waals surface area contributed by atoms with Crippen molar-refractivity contribution >= 4 is 0 Å². The summed E-state index contributed by atoms with van der Waals surface area (Å²) in [6.45, 7) is 13.7. The molecule has 3 atom stereocenters. The van der Waals surface area contributed by atoms with Crippen molar-refractivity contribution in [3.8, 4) is 0 Å². The molecule has 4 heteroatoms. The van der Waals surface area contributed by atoms with Crippen molar-refractivity contribution in [1.29, 1.82) is 0 Å². The lowest BCUT2D eigenvalue weighted by molar-refractivity contribution is -0.125. The Morgan fingerprint density at radius 2 is 2.05 bits per heavy atom. The second kappa shape index (κ2) is 7.02. The smallest absolute Gasteiger partial charge is 0.0658 e. The zero-order valence-corrected chi connectivity index (χ0v) is 12.8. The fourth-order valence-electron chi connectivity index (χ4n) is 3.29. The van der Waals surface area contributed by atoms with Crippen molar-refractivity contribution in [2.45, 2.75) is 45.8 Å². The van der Waals surface area contributed by atoms with Gasteiger partial charge in [0.15, 0.2) is 0 Å². The van der Waals surface area contributed by atoms with E-state index in [1.165, 1.54) is 12.8 Å². The van der Waals surface area contributed by atoms with Crippen molar-refractivity contribution in [3.63, 3.8) is 0 Å². The molecule has 1 N–H and O–H groups in total. The molecule has 2 aliphatic rings. The van der Waals surface area contributed by atoms with E-state index in [0.717, 1.165) is 46.0 Å². The summed E-state index contributed by atoms with van der Waals surface area (Å²) in [7, 11) is 0. The van der Waals surface area contributed by atoms with Crippen molar-refractivity contribution in [2.75, 3.05) is 46.0 Å². The number of nitrogens with zero attached hydrogens (tertiary/aromatic N) is 1. The molecule has 1 saturated heterocycles. The quantitative estimate of drug-likeness (QED) is 0.760. The third kappa shape index (κ3) is 3.48. The van der Waals surface area contributed by atoms with Gasteiger partial charge in [0.1, 0.15) is 0 Å². The SMILES string of the molecule is CCOC1CC(NCCN2CCOCC2)C1(C)CC. The lowest BCUT2D eigenvalue weighted by Crippen LogP contribution is -2.62. The van der Waals surface area contributed by atoms with Gasteiger partial charge in [0, 0.05) is 44.2 Å². The minimum atomic E-state index is 0.320. The Kier molecular flexibility index (Phi) is 5.63. The van der Waals surface area contributed by atoms with Crippen LogP contribution < -0.4 is 5.32 Å². The van der Waals surface area contributed by atoms with Crippen molar-refractivity contribution < 1.29 is 9.47 Å². The number of hydrogen-bond donors (Lipinski definition) is 1. The van der Waals surface area contributed by atoms with Crippen LogP contribution in [0.4, 0.5) is 0 Å². The van der Waals surface area contributed by atoms with Gasteiger partial charge in [-0.2, -0.15) is 0 Å². The highest BCUT2D eigenvalue weighted by atomic mass is 16.5. The van der Waals surface area contributed by atoms with E-state index in [0.29, 0.717) is 17.6 Å². The van der Waals surface area contributed by atoms with E-state index in [-0.39, 0.29) is 0 Å². The molecule has 0 amide bonds. The first-order valence-electron chi connectivity index (χ1n) is 7.85. The van der Waals surface area contributed by atoms with E-state index in [1.54, 1.807) is 0 Å². The molecule has 0 radical (unpaired) electrons. The largest absolute Gasteiger partial charge is 0.379 e. The lowest BCUT2D eigenvalue weighted by atomic mass is 9.61. The summed E-state index contributed by atoms with van der Waals surface area (Å²) in [5.74, 6) is 0. The van der Waals surface area contributed by atoms with Crippen LogP contribution in [0.3, 0.4) is 0 Å². The number of hydrogen-bond acceptors (Lipinski definition) is 4. The van der Waals surface area contributed by atoms with Gasteiger partial charge in [0.25, 0.3) is 0 Å². The van der Waals surface area contributed by atoms with E-state index in [4.69, 9.17) is 9.47 Å². The molecule has 1 aliphatic heterocycles. The number of ether oxygens (including phenoxy) is 2. The van der Waals surface area contributed by atoms with Gasteiger partial charge in [-0.3, -0.25) is 4.90 Å². The third-order valence-corrected chi connectivity index (χ3v) is 5.03. The number of nitrogens with one attached hydrogen (secondary N) is 1. The molecule has 112 valence electrons. The summed E-state index contributed by atoms with van der Waals surface area (Å²) in [6.07, 6.45) is 2.80. The van der Waals surface area contributed by atoms with Gasteiger partial charge < -0.3 is 14.8 Å². The van der Waals surface area contributed by atoms with Crippen LogP contribution in [-0.4, -0.2) is 63.0 Å². The van der Waals surface area contributed by atoms with Crippen molar-refractivity contribution in [3.05, 3.63) is 0 Å². The van der Waals surface area contributed by atoms with Gasteiger partial charge in [0.2, 0.25) is 0 Å². The minimum Gasteiger partial charge on any atom is -0.379 e. The average Bonchev–Trinajstić information content (AvgIpc) is 2.45. The van der Waals surface area contributed by atoms with Gasteiger partial charge in [-0.25, -0.2) is 0 Å². The van der Waals surface area contributed by atoms with Gasteiger partial charge >= 0.3 is 0 Å². The fraction of sp³-hybridized carbons (Fsp3) is 1.00. The van der Waals surface area contributed by atoms with Crippen LogP contribution in [-0.2, 0) is 9.47 Å². The van der Waals surface area contributed by atoms with E-state index < -0.39 is 0 Å². The fourth-order valence-corrected chi connectivity index (χ4v) is 3.29. The van der Waals surface area contributed by atoms with Crippen LogP contribution in [0, 0.1) is 5.41 Å². The topological polar surface area (TPSA) is 33.7 Å². The van der Waals surface area contributed by atoms with E-state index in [9.17, 15) is 0 Å². The first-order valence-corrected chi connectivity index (χ1v) is 7.85. The van der Waals surface area contributed by atoms with E-state index >= 15 is 0 Å². The molecule has 0 bridgehead atoms. The van der Waals surface area contributed by atoms with E-state index in [2.05, 4.69) is 31.0 Å². The zero-order chi connectivity index (χ0) is 13.7. The van der Waals surface area contributed by atoms with Crippen LogP contribution in [0.1, 0.15) is 33.6 Å². The molecule has 3 unspecified atom stereocenters. The summed E-state index contributed by atoms with van der Waals surface area (Å²) < 4.78 is 11.2. The standard InChI is InChI=1S/C15H30N2O2/c1-4-15(3)13(12-14(15)19-5-2)16-6-7-17-8-10-18-11-9-17/h13-14,16H,4-12H2,1-3H3. The Hall–Kier alpha value is -0.160. The van der Waals surface area contributed by atoms with Gasteiger partial charge in [-0.15, -0.1) is 0 Å². The molecular weight excluding hydrogens is 240 g/mol. The molecule has 4 nitrogen and oxygen atoms in total. The molecule has 1 saturated carbocycles. The monoisotopic (exact) mass is 270 g/mol. The summed E-state index contributed by atoms with van der Waals surface area (Å²) in [5.41, 5.74) is 0.320. The zero-order valence-electron chi connectivity index (χ0n) is 12.8. The highest BCUT2D eigenvalue weighted by Gasteiger charge is 2.50. The highest BCUT2D eigenvalue weighted by Crippen LogP contribution is 2.45. The molecule has 0 spiro atoms. The second-order valence-electron chi connectivity index (χ2n) is 6.00. The molecule has 0 aromatic heterocycles. The van der Waals surface area contributed by atoms with Gasteiger partial charge in [0.05, 0.1) is 19.3 Å². The van der Waals surface area contributed by atoms with Gasteiger partial charge in [-0.05, 0) is 19.8 Å². The maximum absolute atomic E-state index is 5.84. The first kappa shape index (κ1) is 15.2. The molecule has 1 heterocycles. The minimum absolute atomic E-state index is 0.320. The van der Waals surface area contributed by atoms with Crippen molar-refractivity contribution in [1.82, 2.24) is 10.2 Å². The second-order valence-corrected chi connectivity index (χ2v) is 6.00. The Morgan fingerprint density at radius 1 is 1.32 bits per heavy atom. The Balaban J connectivity index is 1.68. The predicted molar refractivity (Wildman–Crippen MR) is 77.5 cm³/mol. The van der Waals surface area contributed by atoms with Crippen LogP contribution in [0.2, 0.25) is 0 Å². The Labute approximate surface area is 117 Å². The molecule has 19 heavy (non-hydrogen) atoms. The molecule has 0 aromatic rings. The van der Waals surface area contributed by atoms with Gasteiger partial charge in [-0.1, -0.05) is 13.8 Å². The molecule has 2 fully saturated rings. The van der Waals surface area contributed by atoms with Crippen LogP contribution in [0.25, 0.3) is 0 Å². The normalized spacial score (nSPS) is 36.2. The van der Waals surface area contributed by atoms with E-state index in [1.807, 2.05) is 0 Å². The highest BCUT2D eigenvalue weighted by molar-refractivity contribution is 5.04. The Bertz CT molecular complexity index is 269. The maximum Gasteiger partial charge on any atom is 0.0658 e. The van der Waals surface area contributed by atoms with Crippen LogP contribution in [0.5, 0.6) is 0 Å². The lowest BCUT2D eigenvalue weighted by Gasteiger charge is -2.54. The average molecular weight is 270 g/mol. The molecule has 2 rings (SSSR count). The maximum atomic E-state index is 5.84. The summed E-state index contributed by atoms with van der Waals surface area (Å²) in [5, 5.41) is 3.73. The van der Waals surface area contributed by atoms with Crippen LogP contribution >= 0.6 is 0 Å². The summed E-state index contributed by atoms with van der Waals surface area (Å²) >= 11 is 0. The van der Waals surface area contributed by atoms with Crippen molar-refractivity contribution in [2.24, 2.45) is 5.41 Å². The summed E-state index contributed by atoms with van der Waals surface area (Å²) in [6, 6.07) is 0.620. The predicted octanol–water partition coefficient (Wildman–Crippen LogP) is 1.50. The first-order chi connectivity index (χ1) is 9.20. The summed E-state index contributed by atoms with van der Waals surface area (Å²) in [4.78, 5) is 2.48. The molecular formula is C15H30N2O2. The number of rotatable bonds is 7. The Morgan fingerprint density at radius 3 is 2.68 bits per heavy atom. The van der Waals surface area contributed by atoms with Crippen LogP contribution in [0.15, 0.2) is 0 Å². The number of morpholine rings is 1. The molecule has 1 aliphatic carbocycles.